The van der Waals surface area contributed by atoms with Gasteiger partial charge in [-0.25, -0.2) is 0 Å². The number of fused-ring (bicyclic) bond motifs is 1. The van der Waals surface area contributed by atoms with Crippen LogP contribution in [0, 0.1) is 5.92 Å². The third-order valence-corrected chi connectivity index (χ3v) is 4.36. The molecule has 118 valence electrons. The van der Waals surface area contributed by atoms with Crippen LogP contribution >= 0.6 is 0 Å². The fourth-order valence-electron chi connectivity index (χ4n) is 2.88. The summed E-state index contributed by atoms with van der Waals surface area (Å²) in [6, 6.07) is 8.44. The molecule has 0 radical (unpaired) electrons. The molecule has 1 aromatic heterocycles. The highest BCUT2D eigenvalue weighted by atomic mass is 15.2. The number of hydrogen-bond acceptors (Lipinski definition) is 1. The number of rotatable bonds is 7. The highest BCUT2D eigenvalue weighted by molar-refractivity contribution is 5.83. The minimum atomic E-state index is 0.893. The van der Waals surface area contributed by atoms with E-state index < -0.39 is 0 Å². The summed E-state index contributed by atoms with van der Waals surface area (Å²) in [5.41, 5.74) is 2.56. The van der Waals surface area contributed by atoms with Crippen molar-refractivity contribution in [2.75, 3.05) is 20.1 Å². The van der Waals surface area contributed by atoms with Crippen LogP contribution < -0.4 is 10.6 Å². The second-order valence-corrected chi connectivity index (χ2v) is 6.12. The fourth-order valence-corrected chi connectivity index (χ4v) is 2.88. The van der Waals surface area contributed by atoms with E-state index >= 15 is 0 Å². The van der Waals surface area contributed by atoms with Crippen molar-refractivity contribution in [2.24, 2.45) is 10.9 Å². The molecular formula is C18H26N4. The molecule has 2 aromatic rings. The van der Waals surface area contributed by atoms with Crippen LogP contribution in [0.3, 0.4) is 0 Å². The van der Waals surface area contributed by atoms with Gasteiger partial charge in [-0.2, -0.15) is 0 Å². The average Bonchev–Trinajstić information content (AvgIpc) is 3.29. The fraction of sp³-hybridized carbons (Fsp3) is 0.500. The maximum atomic E-state index is 4.29. The van der Waals surface area contributed by atoms with Gasteiger partial charge in [0.05, 0.1) is 0 Å². The predicted octanol–water partition coefficient (Wildman–Crippen LogP) is 3.07. The molecule has 0 amide bonds. The normalized spacial score (nSPS) is 15.2. The number of guanidine groups is 1. The number of aliphatic imine (C=N–C) groups is 1. The Bertz CT molecular complexity index is 625. The Morgan fingerprint density at radius 1 is 1.23 bits per heavy atom. The molecule has 3 N–H and O–H groups in total. The van der Waals surface area contributed by atoms with Crippen molar-refractivity contribution in [3.8, 4) is 0 Å². The largest absolute Gasteiger partial charge is 0.361 e. The summed E-state index contributed by atoms with van der Waals surface area (Å²) >= 11 is 0. The van der Waals surface area contributed by atoms with Crippen molar-refractivity contribution >= 4 is 16.9 Å². The van der Waals surface area contributed by atoms with E-state index in [0.717, 1.165) is 31.4 Å². The summed E-state index contributed by atoms with van der Waals surface area (Å²) < 4.78 is 0. The topological polar surface area (TPSA) is 52.2 Å². The Labute approximate surface area is 132 Å². The number of benzene rings is 1. The third kappa shape index (κ3) is 4.03. The summed E-state index contributed by atoms with van der Waals surface area (Å²) in [4.78, 5) is 7.61. The number of aromatic nitrogens is 1. The van der Waals surface area contributed by atoms with Crippen molar-refractivity contribution in [3.05, 3.63) is 36.0 Å². The maximum Gasteiger partial charge on any atom is 0.190 e. The molecule has 1 aromatic carbocycles. The molecule has 3 rings (SSSR count). The van der Waals surface area contributed by atoms with Gasteiger partial charge in [-0.1, -0.05) is 31.0 Å². The zero-order valence-electron chi connectivity index (χ0n) is 13.4. The Morgan fingerprint density at radius 3 is 2.86 bits per heavy atom. The van der Waals surface area contributed by atoms with Crippen molar-refractivity contribution < 1.29 is 0 Å². The van der Waals surface area contributed by atoms with Gasteiger partial charge >= 0.3 is 0 Å². The molecule has 1 fully saturated rings. The second kappa shape index (κ2) is 7.34. The highest BCUT2D eigenvalue weighted by Crippen LogP contribution is 2.33. The number of nitrogens with zero attached hydrogens (tertiary/aromatic N) is 1. The van der Waals surface area contributed by atoms with E-state index in [4.69, 9.17) is 0 Å². The minimum Gasteiger partial charge on any atom is -0.361 e. The molecule has 1 aliphatic rings. The quantitative estimate of drug-likeness (QED) is 0.418. The Balaban J connectivity index is 1.40. The molecule has 0 saturated heterocycles. The van der Waals surface area contributed by atoms with Crippen LogP contribution in [0.4, 0.5) is 0 Å². The van der Waals surface area contributed by atoms with E-state index in [9.17, 15) is 0 Å². The van der Waals surface area contributed by atoms with E-state index in [1.54, 1.807) is 0 Å². The van der Waals surface area contributed by atoms with Gasteiger partial charge in [0.15, 0.2) is 5.96 Å². The lowest BCUT2D eigenvalue weighted by atomic mass is 10.1. The van der Waals surface area contributed by atoms with Crippen molar-refractivity contribution in [1.29, 1.82) is 0 Å². The SMILES string of the molecule is CN=C(NCCCC1CC1)NCCc1c[nH]c2ccccc12. The van der Waals surface area contributed by atoms with Crippen LogP contribution in [-0.4, -0.2) is 31.1 Å². The summed E-state index contributed by atoms with van der Waals surface area (Å²) in [7, 11) is 1.84. The van der Waals surface area contributed by atoms with Gasteiger partial charge in [-0.15, -0.1) is 0 Å². The number of H-pyrrole nitrogens is 1. The molecule has 1 heterocycles. The number of aromatic amines is 1. The van der Waals surface area contributed by atoms with E-state index in [2.05, 4.69) is 51.1 Å². The molecule has 0 aliphatic heterocycles. The summed E-state index contributed by atoms with van der Waals surface area (Å²) in [5.74, 6) is 1.93. The lowest BCUT2D eigenvalue weighted by Crippen LogP contribution is -2.38. The Morgan fingerprint density at radius 2 is 2.05 bits per heavy atom. The summed E-state index contributed by atoms with van der Waals surface area (Å²) in [6.07, 6.45) is 8.59. The molecule has 0 spiro atoms. The van der Waals surface area contributed by atoms with Crippen LogP contribution in [0.1, 0.15) is 31.2 Å². The van der Waals surface area contributed by atoms with Gasteiger partial charge in [0.25, 0.3) is 0 Å². The number of para-hydroxylation sites is 1. The van der Waals surface area contributed by atoms with Crippen LogP contribution in [0.25, 0.3) is 10.9 Å². The average molecular weight is 298 g/mol. The summed E-state index contributed by atoms with van der Waals surface area (Å²) in [5, 5.41) is 8.12. The standard InChI is InChI=1S/C18H26N4/c1-19-18(20-11-4-5-14-8-9-14)21-12-10-15-13-22-17-7-3-2-6-16(15)17/h2-3,6-7,13-14,22H,4-5,8-12H2,1H3,(H2,19,20,21). The number of nitrogens with one attached hydrogen (secondary N) is 3. The smallest absolute Gasteiger partial charge is 0.190 e. The van der Waals surface area contributed by atoms with Crippen molar-refractivity contribution in [3.63, 3.8) is 0 Å². The minimum absolute atomic E-state index is 0.893. The van der Waals surface area contributed by atoms with Gasteiger partial charge in [-0.05, 0) is 36.8 Å². The molecule has 4 heteroatoms. The zero-order valence-corrected chi connectivity index (χ0v) is 13.4. The van der Waals surface area contributed by atoms with Crippen LogP contribution in [0.15, 0.2) is 35.5 Å². The first-order valence-corrected chi connectivity index (χ1v) is 8.36. The molecule has 22 heavy (non-hydrogen) atoms. The van der Waals surface area contributed by atoms with E-state index in [1.165, 1.54) is 42.1 Å². The van der Waals surface area contributed by atoms with Gasteiger partial charge in [0.1, 0.15) is 0 Å². The molecule has 0 bridgehead atoms. The van der Waals surface area contributed by atoms with Crippen LogP contribution in [-0.2, 0) is 6.42 Å². The van der Waals surface area contributed by atoms with Crippen molar-refractivity contribution in [1.82, 2.24) is 15.6 Å². The first kappa shape index (κ1) is 14.9. The molecule has 4 nitrogen and oxygen atoms in total. The molecule has 0 unspecified atom stereocenters. The molecular weight excluding hydrogens is 272 g/mol. The van der Waals surface area contributed by atoms with Crippen LogP contribution in [0.5, 0.6) is 0 Å². The molecule has 0 atom stereocenters. The maximum absolute atomic E-state index is 4.29. The second-order valence-electron chi connectivity index (χ2n) is 6.12. The Hall–Kier alpha value is -1.97. The van der Waals surface area contributed by atoms with E-state index in [0.29, 0.717) is 0 Å². The Kier molecular flexibility index (Phi) is 4.99. The van der Waals surface area contributed by atoms with E-state index in [-0.39, 0.29) is 0 Å². The lowest BCUT2D eigenvalue weighted by Gasteiger charge is -2.11. The van der Waals surface area contributed by atoms with Crippen LogP contribution in [0.2, 0.25) is 0 Å². The van der Waals surface area contributed by atoms with Crippen molar-refractivity contribution in [2.45, 2.75) is 32.1 Å². The van der Waals surface area contributed by atoms with Gasteiger partial charge in [0, 0.05) is 37.2 Å². The molecule has 1 aliphatic carbocycles. The zero-order chi connectivity index (χ0) is 15.2. The van der Waals surface area contributed by atoms with Gasteiger partial charge in [-0.3, -0.25) is 4.99 Å². The monoisotopic (exact) mass is 298 g/mol. The van der Waals surface area contributed by atoms with Gasteiger partial charge in [0.2, 0.25) is 0 Å². The highest BCUT2D eigenvalue weighted by Gasteiger charge is 2.19. The number of hydrogen-bond donors (Lipinski definition) is 3. The van der Waals surface area contributed by atoms with Gasteiger partial charge < -0.3 is 15.6 Å². The summed E-state index contributed by atoms with van der Waals surface area (Å²) in [6.45, 7) is 1.91. The third-order valence-electron chi connectivity index (χ3n) is 4.36. The molecule has 1 saturated carbocycles. The first-order chi connectivity index (χ1) is 10.9. The predicted molar refractivity (Wildman–Crippen MR) is 93.3 cm³/mol. The first-order valence-electron chi connectivity index (χ1n) is 8.36. The lowest BCUT2D eigenvalue weighted by molar-refractivity contribution is 0.644. The van der Waals surface area contributed by atoms with E-state index in [1.807, 2.05) is 7.05 Å².